The molecule has 2 heterocycles. The van der Waals surface area contributed by atoms with Crippen LogP contribution in [-0.2, 0) is 14.3 Å². The highest BCUT2D eigenvalue weighted by Crippen LogP contribution is 2.21. The summed E-state index contributed by atoms with van der Waals surface area (Å²) >= 11 is 0. The van der Waals surface area contributed by atoms with Crippen LogP contribution in [0.4, 0.5) is 0 Å². The van der Waals surface area contributed by atoms with Crippen LogP contribution >= 0.6 is 0 Å². The third-order valence-electron chi connectivity index (χ3n) is 4.10. The van der Waals surface area contributed by atoms with Crippen LogP contribution < -0.4 is 5.32 Å². The van der Waals surface area contributed by atoms with Gasteiger partial charge < -0.3 is 19.7 Å². The normalized spacial score (nSPS) is 29.8. The molecule has 2 aliphatic rings. The van der Waals surface area contributed by atoms with Gasteiger partial charge in [0.25, 0.3) is 0 Å². The monoisotopic (exact) mass is 256 g/mol. The minimum absolute atomic E-state index is 0.0203. The summed E-state index contributed by atoms with van der Waals surface area (Å²) in [6, 6.07) is 0. The quantitative estimate of drug-likeness (QED) is 0.783. The van der Waals surface area contributed by atoms with Gasteiger partial charge in [-0.25, -0.2) is 0 Å². The summed E-state index contributed by atoms with van der Waals surface area (Å²) in [6.07, 6.45) is 2.94. The molecule has 2 atom stereocenters. The number of carbonyl (C=O) groups is 1. The lowest BCUT2D eigenvalue weighted by Gasteiger charge is -2.24. The predicted molar refractivity (Wildman–Crippen MR) is 68.4 cm³/mol. The minimum atomic E-state index is 0.0203. The highest BCUT2D eigenvalue weighted by atomic mass is 16.5. The van der Waals surface area contributed by atoms with Crippen molar-refractivity contribution in [2.45, 2.75) is 31.5 Å². The highest BCUT2D eigenvalue weighted by Gasteiger charge is 2.35. The van der Waals surface area contributed by atoms with Crippen LogP contribution in [-0.4, -0.2) is 63.4 Å². The van der Waals surface area contributed by atoms with Crippen LogP contribution in [0.15, 0.2) is 0 Å². The molecule has 2 rings (SSSR count). The fourth-order valence-corrected chi connectivity index (χ4v) is 2.86. The SMILES string of the molecule is COC1CN(C(=O)CC2CCNCC2)CC1OC. The van der Waals surface area contributed by atoms with E-state index in [4.69, 9.17) is 9.47 Å². The average molecular weight is 256 g/mol. The van der Waals surface area contributed by atoms with Crippen molar-refractivity contribution in [1.29, 1.82) is 0 Å². The number of methoxy groups -OCH3 is 2. The molecule has 104 valence electrons. The van der Waals surface area contributed by atoms with E-state index in [1.807, 2.05) is 4.90 Å². The first kappa shape index (κ1) is 13.8. The second-order valence-electron chi connectivity index (χ2n) is 5.24. The Hall–Kier alpha value is -0.650. The van der Waals surface area contributed by atoms with Crippen LogP contribution in [0.3, 0.4) is 0 Å². The van der Waals surface area contributed by atoms with Crippen molar-refractivity contribution >= 4 is 5.91 Å². The number of hydrogen-bond donors (Lipinski definition) is 1. The van der Waals surface area contributed by atoms with Gasteiger partial charge in [-0.05, 0) is 31.8 Å². The van der Waals surface area contributed by atoms with E-state index in [1.165, 1.54) is 0 Å². The number of likely N-dealkylation sites (tertiary alicyclic amines) is 1. The first-order valence-electron chi connectivity index (χ1n) is 6.78. The average Bonchev–Trinajstić information content (AvgIpc) is 2.83. The van der Waals surface area contributed by atoms with Crippen molar-refractivity contribution < 1.29 is 14.3 Å². The molecule has 5 heteroatoms. The Morgan fingerprint density at radius 2 is 1.72 bits per heavy atom. The summed E-state index contributed by atoms with van der Waals surface area (Å²) in [5, 5.41) is 3.32. The number of rotatable bonds is 4. The molecular weight excluding hydrogens is 232 g/mol. The fourth-order valence-electron chi connectivity index (χ4n) is 2.86. The van der Waals surface area contributed by atoms with E-state index in [0.717, 1.165) is 25.9 Å². The van der Waals surface area contributed by atoms with Crippen LogP contribution in [0, 0.1) is 5.92 Å². The fraction of sp³-hybridized carbons (Fsp3) is 0.923. The Morgan fingerprint density at radius 3 is 2.22 bits per heavy atom. The molecule has 0 spiro atoms. The molecule has 0 aliphatic carbocycles. The topological polar surface area (TPSA) is 50.8 Å². The van der Waals surface area contributed by atoms with Gasteiger partial charge >= 0.3 is 0 Å². The van der Waals surface area contributed by atoms with Crippen molar-refractivity contribution in [2.75, 3.05) is 40.4 Å². The number of amides is 1. The molecule has 0 bridgehead atoms. The lowest BCUT2D eigenvalue weighted by molar-refractivity contribution is -0.132. The number of carbonyl (C=O) groups excluding carboxylic acids is 1. The Labute approximate surface area is 109 Å². The predicted octanol–water partition coefficient (Wildman–Crippen LogP) is 0.248. The van der Waals surface area contributed by atoms with Crippen LogP contribution in [0.25, 0.3) is 0 Å². The number of piperidine rings is 1. The third-order valence-corrected chi connectivity index (χ3v) is 4.10. The Kier molecular flexibility index (Phi) is 4.97. The van der Waals surface area contributed by atoms with Gasteiger partial charge in [-0.15, -0.1) is 0 Å². The number of hydrogen-bond acceptors (Lipinski definition) is 4. The van der Waals surface area contributed by atoms with E-state index in [2.05, 4.69) is 5.32 Å². The summed E-state index contributed by atoms with van der Waals surface area (Å²) in [5.74, 6) is 0.796. The van der Waals surface area contributed by atoms with Gasteiger partial charge in [0.15, 0.2) is 0 Å². The second kappa shape index (κ2) is 6.50. The Bertz CT molecular complexity index is 267. The van der Waals surface area contributed by atoms with Gasteiger partial charge in [0.05, 0.1) is 0 Å². The van der Waals surface area contributed by atoms with Gasteiger partial charge in [0, 0.05) is 33.7 Å². The smallest absolute Gasteiger partial charge is 0.223 e. The van der Waals surface area contributed by atoms with Crippen molar-refractivity contribution in [1.82, 2.24) is 10.2 Å². The first-order valence-corrected chi connectivity index (χ1v) is 6.78. The molecule has 2 aliphatic heterocycles. The maximum atomic E-state index is 12.2. The number of ether oxygens (including phenoxy) is 2. The lowest BCUT2D eigenvalue weighted by atomic mass is 9.94. The largest absolute Gasteiger partial charge is 0.377 e. The number of nitrogens with one attached hydrogen (secondary N) is 1. The Morgan fingerprint density at radius 1 is 1.17 bits per heavy atom. The molecule has 0 aromatic rings. The summed E-state index contributed by atoms with van der Waals surface area (Å²) in [4.78, 5) is 14.1. The molecule has 0 radical (unpaired) electrons. The van der Waals surface area contributed by atoms with Crippen molar-refractivity contribution in [3.63, 3.8) is 0 Å². The summed E-state index contributed by atoms with van der Waals surface area (Å²) < 4.78 is 10.7. The minimum Gasteiger partial charge on any atom is -0.377 e. The second-order valence-corrected chi connectivity index (χ2v) is 5.24. The van der Waals surface area contributed by atoms with Crippen molar-refractivity contribution in [2.24, 2.45) is 5.92 Å². The van der Waals surface area contributed by atoms with E-state index in [9.17, 15) is 4.79 Å². The molecule has 2 unspecified atom stereocenters. The zero-order valence-corrected chi connectivity index (χ0v) is 11.4. The molecule has 0 aromatic carbocycles. The van der Waals surface area contributed by atoms with E-state index in [-0.39, 0.29) is 18.1 Å². The van der Waals surface area contributed by atoms with Gasteiger partial charge in [-0.2, -0.15) is 0 Å². The van der Waals surface area contributed by atoms with E-state index in [0.29, 0.717) is 25.4 Å². The zero-order chi connectivity index (χ0) is 13.0. The van der Waals surface area contributed by atoms with Gasteiger partial charge in [-0.1, -0.05) is 0 Å². The standard InChI is InChI=1S/C13H24N2O3/c1-17-11-8-15(9-12(11)18-2)13(16)7-10-3-5-14-6-4-10/h10-12,14H,3-9H2,1-2H3. The maximum Gasteiger partial charge on any atom is 0.223 e. The van der Waals surface area contributed by atoms with Crippen LogP contribution in [0.5, 0.6) is 0 Å². The molecule has 1 N–H and O–H groups in total. The molecule has 2 fully saturated rings. The maximum absolute atomic E-state index is 12.2. The number of nitrogens with zero attached hydrogens (tertiary/aromatic N) is 1. The zero-order valence-electron chi connectivity index (χ0n) is 11.4. The summed E-state index contributed by atoms with van der Waals surface area (Å²) in [7, 11) is 3.36. The molecule has 2 saturated heterocycles. The van der Waals surface area contributed by atoms with E-state index >= 15 is 0 Å². The Balaban J connectivity index is 1.82. The van der Waals surface area contributed by atoms with Crippen LogP contribution in [0.1, 0.15) is 19.3 Å². The van der Waals surface area contributed by atoms with Gasteiger partial charge in [0.1, 0.15) is 12.2 Å². The molecule has 0 saturated carbocycles. The van der Waals surface area contributed by atoms with Crippen molar-refractivity contribution in [3.8, 4) is 0 Å². The van der Waals surface area contributed by atoms with Crippen LogP contribution in [0.2, 0.25) is 0 Å². The van der Waals surface area contributed by atoms with Crippen molar-refractivity contribution in [3.05, 3.63) is 0 Å². The lowest BCUT2D eigenvalue weighted by Crippen LogP contribution is -2.34. The summed E-state index contributed by atoms with van der Waals surface area (Å²) in [6.45, 7) is 3.41. The van der Waals surface area contributed by atoms with E-state index < -0.39 is 0 Å². The molecule has 18 heavy (non-hydrogen) atoms. The molecular formula is C13H24N2O3. The van der Waals surface area contributed by atoms with E-state index in [1.54, 1.807) is 14.2 Å². The summed E-state index contributed by atoms with van der Waals surface area (Å²) in [5.41, 5.74) is 0. The molecule has 5 nitrogen and oxygen atoms in total. The molecule has 1 amide bonds. The first-order chi connectivity index (χ1) is 8.74. The van der Waals surface area contributed by atoms with Gasteiger partial charge in [-0.3, -0.25) is 4.79 Å². The highest BCUT2D eigenvalue weighted by molar-refractivity contribution is 5.77. The molecule has 0 aromatic heterocycles. The van der Waals surface area contributed by atoms with Gasteiger partial charge in [0.2, 0.25) is 5.91 Å². The third kappa shape index (κ3) is 3.22.